The second-order valence-electron chi connectivity index (χ2n) is 4.93. The standard InChI is InChI=1S/C12H20O/c1-5-12(3,4)10-7-6-9(2)8-11(10)13/h5,9-10H,1,6-8H2,2-4H3. The fourth-order valence-corrected chi connectivity index (χ4v) is 2.13. The average Bonchev–Trinajstić information content (AvgIpc) is 2.03. The Morgan fingerprint density at radius 1 is 1.46 bits per heavy atom. The zero-order valence-electron chi connectivity index (χ0n) is 8.97. The highest BCUT2D eigenvalue weighted by molar-refractivity contribution is 5.82. The first-order valence-corrected chi connectivity index (χ1v) is 5.13. The third kappa shape index (κ3) is 2.20. The van der Waals surface area contributed by atoms with Gasteiger partial charge in [0, 0.05) is 12.3 Å². The molecule has 1 aliphatic rings. The Balaban J connectivity index is 2.71. The molecule has 1 aliphatic carbocycles. The second-order valence-corrected chi connectivity index (χ2v) is 4.93. The van der Waals surface area contributed by atoms with Crippen LogP contribution in [0.4, 0.5) is 0 Å². The SMILES string of the molecule is C=CC(C)(C)C1CCC(C)CC1=O. The maximum atomic E-state index is 11.8. The number of carbonyl (C=O) groups is 1. The highest BCUT2D eigenvalue weighted by Crippen LogP contribution is 2.38. The maximum absolute atomic E-state index is 11.8. The monoisotopic (exact) mass is 180 g/mol. The van der Waals surface area contributed by atoms with Crippen molar-refractivity contribution < 1.29 is 4.79 Å². The molecule has 0 radical (unpaired) electrons. The maximum Gasteiger partial charge on any atom is 0.137 e. The molecule has 13 heavy (non-hydrogen) atoms. The molecule has 1 fully saturated rings. The Bertz CT molecular complexity index is 215. The lowest BCUT2D eigenvalue weighted by Crippen LogP contribution is -2.34. The van der Waals surface area contributed by atoms with Gasteiger partial charge in [0.15, 0.2) is 0 Å². The minimum Gasteiger partial charge on any atom is -0.299 e. The van der Waals surface area contributed by atoms with Crippen LogP contribution in [0.15, 0.2) is 12.7 Å². The van der Waals surface area contributed by atoms with Crippen molar-refractivity contribution in [2.75, 3.05) is 0 Å². The van der Waals surface area contributed by atoms with Crippen LogP contribution in [0, 0.1) is 17.3 Å². The van der Waals surface area contributed by atoms with Gasteiger partial charge >= 0.3 is 0 Å². The van der Waals surface area contributed by atoms with E-state index < -0.39 is 0 Å². The van der Waals surface area contributed by atoms with Gasteiger partial charge in [0.2, 0.25) is 0 Å². The molecular formula is C12H20O. The molecule has 0 aromatic carbocycles. The molecule has 2 unspecified atom stereocenters. The van der Waals surface area contributed by atoms with Gasteiger partial charge in [-0.15, -0.1) is 6.58 Å². The summed E-state index contributed by atoms with van der Waals surface area (Å²) in [7, 11) is 0. The molecule has 0 aromatic rings. The summed E-state index contributed by atoms with van der Waals surface area (Å²) in [5, 5.41) is 0. The third-order valence-electron chi connectivity index (χ3n) is 3.31. The summed E-state index contributed by atoms with van der Waals surface area (Å²) in [6.45, 7) is 10.2. The van der Waals surface area contributed by atoms with Crippen molar-refractivity contribution in [2.45, 2.75) is 40.0 Å². The van der Waals surface area contributed by atoms with Crippen LogP contribution in [-0.2, 0) is 4.79 Å². The molecule has 2 atom stereocenters. The summed E-state index contributed by atoms with van der Waals surface area (Å²) in [6.07, 6.45) is 4.92. The first kappa shape index (κ1) is 10.5. The van der Waals surface area contributed by atoms with E-state index in [0.29, 0.717) is 11.7 Å². The van der Waals surface area contributed by atoms with E-state index in [1.54, 1.807) is 0 Å². The molecule has 0 N–H and O–H groups in total. The smallest absolute Gasteiger partial charge is 0.137 e. The first-order valence-electron chi connectivity index (χ1n) is 5.13. The van der Waals surface area contributed by atoms with Crippen LogP contribution in [0.2, 0.25) is 0 Å². The molecule has 1 heteroatoms. The normalized spacial score (nSPS) is 30.2. The summed E-state index contributed by atoms with van der Waals surface area (Å²) in [5.41, 5.74) is -0.0166. The van der Waals surface area contributed by atoms with E-state index in [9.17, 15) is 4.79 Å². The van der Waals surface area contributed by atoms with Crippen LogP contribution in [0.3, 0.4) is 0 Å². The van der Waals surface area contributed by atoms with Crippen LogP contribution in [-0.4, -0.2) is 5.78 Å². The minimum atomic E-state index is -0.0166. The molecule has 0 bridgehead atoms. The van der Waals surface area contributed by atoms with Crippen LogP contribution in [0.25, 0.3) is 0 Å². The van der Waals surface area contributed by atoms with E-state index in [-0.39, 0.29) is 11.3 Å². The largest absolute Gasteiger partial charge is 0.299 e. The molecule has 0 aromatic heterocycles. The molecule has 1 nitrogen and oxygen atoms in total. The summed E-state index contributed by atoms with van der Waals surface area (Å²) in [6, 6.07) is 0. The number of Topliss-reactive ketones (excluding diaryl/α,β-unsaturated/α-hetero) is 1. The Morgan fingerprint density at radius 3 is 2.54 bits per heavy atom. The molecule has 74 valence electrons. The van der Waals surface area contributed by atoms with E-state index >= 15 is 0 Å². The predicted octanol–water partition coefficient (Wildman–Crippen LogP) is 3.20. The topological polar surface area (TPSA) is 17.1 Å². The second kappa shape index (κ2) is 3.65. The van der Waals surface area contributed by atoms with Crippen molar-refractivity contribution >= 4 is 5.78 Å². The lowest BCUT2D eigenvalue weighted by atomic mass is 9.68. The number of hydrogen-bond donors (Lipinski definition) is 0. The van der Waals surface area contributed by atoms with E-state index in [1.807, 2.05) is 6.08 Å². The molecule has 0 saturated heterocycles. The number of hydrogen-bond acceptors (Lipinski definition) is 1. The molecule has 1 rings (SSSR count). The number of allylic oxidation sites excluding steroid dienone is 1. The minimum absolute atomic E-state index is 0.0166. The fourth-order valence-electron chi connectivity index (χ4n) is 2.13. The predicted molar refractivity (Wildman–Crippen MR) is 55.5 cm³/mol. The molecule has 1 saturated carbocycles. The highest BCUT2D eigenvalue weighted by Gasteiger charge is 2.35. The highest BCUT2D eigenvalue weighted by atomic mass is 16.1. The first-order chi connectivity index (χ1) is 5.97. The zero-order chi connectivity index (χ0) is 10.1. The van der Waals surface area contributed by atoms with Crippen LogP contribution >= 0.6 is 0 Å². The van der Waals surface area contributed by atoms with Gasteiger partial charge in [-0.1, -0.05) is 26.8 Å². The Morgan fingerprint density at radius 2 is 2.08 bits per heavy atom. The Labute approximate surface area is 81.2 Å². The van der Waals surface area contributed by atoms with Gasteiger partial charge in [0.25, 0.3) is 0 Å². The summed E-state index contributed by atoms with van der Waals surface area (Å²) < 4.78 is 0. The van der Waals surface area contributed by atoms with Gasteiger partial charge < -0.3 is 0 Å². The molecule has 0 amide bonds. The van der Waals surface area contributed by atoms with Crippen LogP contribution in [0.1, 0.15) is 40.0 Å². The zero-order valence-corrected chi connectivity index (χ0v) is 8.97. The van der Waals surface area contributed by atoms with E-state index in [0.717, 1.165) is 12.8 Å². The van der Waals surface area contributed by atoms with E-state index in [4.69, 9.17) is 0 Å². The van der Waals surface area contributed by atoms with Crippen molar-refractivity contribution in [3.8, 4) is 0 Å². The van der Waals surface area contributed by atoms with Gasteiger partial charge in [0.1, 0.15) is 5.78 Å². The Kier molecular flexibility index (Phi) is 2.94. The summed E-state index contributed by atoms with van der Waals surface area (Å²) in [5.74, 6) is 1.23. The third-order valence-corrected chi connectivity index (χ3v) is 3.31. The lowest BCUT2D eigenvalue weighted by molar-refractivity contribution is -0.128. The van der Waals surface area contributed by atoms with Gasteiger partial charge in [-0.2, -0.15) is 0 Å². The summed E-state index contributed by atoms with van der Waals surface area (Å²) >= 11 is 0. The lowest BCUT2D eigenvalue weighted by Gasteiger charge is -2.35. The van der Waals surface area contributed by atoms with E-state index in [1.165, 1.54) is 6.42 Å². The molecule has 0 aliphatic heterocycles. The fraction of sp³-hybridized carbons (Fsp3) is 0.750. The van der Waals surface area contributed by atoms with Crippen LogP contribution < -0.4 is 0 Å². The van der Waals surface area contributed by atoms with Crippen molar-refractivity contribution in [3.63, 3.8) is 0 Å². The van der Waals surface area contributed by atoms with Crippen LogP contribution in [0.5, 0.6) is 0 Å². The van der Waals surface area contributed by atoms with E-state index in [2.05, 4.69) is 27.4 Å². The summed E-state index contributed by atoms with van der Waals surface area (Å²) in [4.78, 5) is 11.8. The van der Waals surface area contributed by atoms with Crippen molar-refractivity contribution in [1.29, 1.82) is 0 Å². The molecule has 0 heterocycles. The van der Waals surface area contributed by atoms with Gasteiger partial charge in [-0.3, -0.25) is 4.79 Å². The van der Waals surface area contributed by atoms with Gasteiger partial charge in [-0.25, -0.2) is 0 Å². The number of carbonyl (C=O) groups excluding carboxylic acids is 1. The number of ketones is 1. The van der Waals surface area contributed by atoms with Crippen molar-refractivity contribution in [2.24, 2.45) is 17.3 Å². The van der Waals surface area contributed by atoms with Gasteiger partial charge in [0.05, 0.1) is 0 Å². The quantitative estimate of drug-likeness (QED) is 0.596. The van der Waals surface area contributed by atoms with Gasteiger partial charge in [-0.05, 0) is 24.2 Å². The average molecular weight is 180 g/mol. The van der Waals surface area contributed by atoms with Crippen molar-refractivity contribution in [1.82, 2.24) is 0 Å². The Hall–Kier alpha value is -0.590. The molecule has 0 spiro atoms. The van der Waals surface area contributed by atoms with Crippen molar-refractivity contribution in [3.05, 3.63) is 12.7 Å². The molecular weight excluding hydrogens is 160 g/mol. The number of rotatable bonds is 2.